The van der Waals surface area contributed by atoms with Crippen molar-refractivity contribution in [3.8, 4) is 17.0 Å². The standard InChI is InChI=1S/C24H30FNO4/c1-14(2)29-24(28)17-6-5-7-18(12-17)30-23-11-10-22(26-16(23)4)19-8-9-21(25)15(3)20(19)13-27/h8-11,14,17-18,27H,5-7,12-13H2,1-4H3/t17-,18-/m0/s1. The van der Waals surface area contributed by atoms with Crippen molar-refractivity contribution in [1.29, 1.82) is 0 Å². The molecule has 0 radical (unpaired) electrons. The van der Waals surface area contributed by atoms with Crippen LogP contribution in [0.15, 0.2) is 24.3 Å². The zero-order valence-electron chi connectivity index (χ0n) is 18.1. The second-order valence-corrected chi connectivity index (χ2v) is 8.23. The summed E-state index contributed by atoms with van der Waals surface area (Å²) in [6, 6.07) is 6.71. The number of nitrogens with zero attached hydrogens (tertiary/aromatic N) is 1. The minimum Gasteiger partial charge on any atom is -0.489 e. The lowest BCUT2D eigenvalue weighted by Crippen LogP contribution is -2.31. The van der Waals surface area contributed by atoms with Gasteiger partial charge in [-0.2, -0.15) is 0 Å². The second-order valence-electron chi connectivity index (χ2n) is 8.23. The molecule has 2 aromatic rings. The van der Waals surface area contributed by atoms with Crippen LogP contribution in [0.1, 0.15) is 56.4 Å². The molecule has 0 spiro atoms. The number of rotatable bonds is 6. The smallest absolute Gasteiger partial charge is 0.309 e. The van der Waals surface area contributed by atoms with Crippen molar-refractivity contribution < 1.29 is 23.8 Å². The van der Waals surface area contributed by atoms with E-state index >= 15 is 0 Å². The Morgan fingerprint density at radius 2 is 2.00 bits per heavy atom. The topological polar surface area (TPSA) is 68.7 Å². The Hall–Kier alpha value is -2.47. The van der Waals surface area contributed by atoms with Crippen LogP contribution >= 0.6 is 0 Å². The molecule has 3 rings (SSSR count). The summed E-state index contributed by atoms with van der Waals surface area (Å²) in [5, 5.41) is 9.69. The van der Waals surface area contributed by atoms with E-state index in [4.69, 9.17) is 9.47 Å². The van der Waals surface area contributed by atoms with Gasteiger partial charge in [0.2, 0.25) is 0 Å². The van der Waals surface area contributed by atoms with Gasteiger partial charge in [-0.15, -0.1) is 0 Å². The van der Waals surface area contributed by atoms with Gasteiger partial charge in [-0.3, -0.25) is 4.79 Å². The largest absolute Gasteiger partial charge is 0.489 e. The van der Waals surface area contributed by atoms with E-state index in [0.29, 0.717) is 40.2 Å². The Kier molecular flexibility index (Phi) is 7.08. The molecule has 30 heavy (non-hydrogen) atoms. The highest BCUT2D eigenvalue weighted by atomic mass is 19.1. The zero-order valence-corrected chi connectivity index (χ0v) is 18.1. The Bertz CT molecular complexity index is 912. The third-order valence-electron chi connectivity index (χ3n) is 5.61. The summed E-state index contributed by atoms with van der Waals surface area (Å²) in [5.41, 5.74) is 3.05. The van der Waals surface area contributed by atoms with Crippen LogP contribution in [0.2, 0.25) is 0 Å². The second kappa shape index (κ2) is 9.56. The molecule has 1 aromatic heterocycles. The number of esters is 1. The van der Waals surface area contributed by atoms with E-state index < -0.39 is 0 Å². The van der Waals surface area contributed by atoms with Gasteiger partial charge in [0.1, 0.15) is 11.6 Å². The van der Waals surface area contributed by atoms with Crippen LogP contribution in [0.5, 0.6) is 5.75 Å². The lowest BCUT2D eigenvalue weighted by atomic mass is 9.87. The molecule has 0 unspecified atom stereocenters. The van der Waals surface area contributed by atoms with Crippen LogP contribution < -0.4 is 4.74 Å². The van der Waals surface area contributed by atoms with E-state index in [-0.39, 0.29) is 36.5 Å². The van der Waals surface area contributed by atoms with Crippen LogP contribution in [0, 0.1) is 25.6 Å². The number of halogens is 1. The van der Waals surface area contributed by atoms with E-state index in [1.54, 1.807) is 13.0 Å². The molecule has 2 atom stereocenters. The van der Waals surface area contributed by atoms with Crippen molar-refractivity contribution in [2.75, 3.05) is 0 Å². The van der Waals surface area contributed by atoms with Crippen LogP contribution in [0.25, 0.3) is 11.3 Å². The van der Waals surface area contributed by atoms with Gasteiger partial charge in [-0.25, -0.2) is 9.37 Å². The van der Waals surface area contributed by atoms with Crippen molar-refractivity contribution in [1.82, 2.24) is 4.98 Å². The van der Waals surface area contributed by atoms with Crippen LogP contribution in [0.3, 0.4) is 0 Å². The summed E-state index contributed by atoms with van der Waals surface area (Å²) in [6.45, 7) is 6.97. The molecule has 162 valence electrons. The maximum atomic E-state index is 13.8. The highest BCUT2D eigenvalue weighted by Gasteiger charge is 2.30. The van der Waals surface area contributed by atoms with Gasteiger partial charge >= 0.3 is 5.97 Å². The number of pyridine rings is 1. The Labute approximate surface area is 177 Å². The molecule has 1 aliphatic rings. The minimum atomic E-state index is -0.345. The first-order chi connectivity index (χ1) is 14.3. The predicted octanol–water partition coefficient (Wildman–Crippen LogP) is 4.89. The van der Waals surface area contributed by atoms with Gasteiger partial charge in [0.05, 0.1) is 36.1 Å². The quantitative estimate of drug-likeness (QED) is 0.681. The lowest BCUT2D eigenvalue weighted by molar-refractivity contribution is -0.154. The number of hydrogen-bond donors (Lipinski definition) is 1. The number of carbonyl (C=O) groups is 1. The lowest BCUT2D eigenvalue weighted by Gasteiger charge is -2.29. The molecule has 6 heteroatoms. The molecule has 1 fully saturated rings. The van der Waals surface area contributed by atoms with Crippen molar-refractivity contribution in [2.45, 2.75) is 72.2 Å². The molecule has 0 saturated heterocycles. The average molecular weight is 416 g/mol. The number of aromatic nitrogens is 1. The van der Waals surface area contributed by atoms with Gasteiger partial charge in [-0.05, 0) is 88.8 Å². The summed E-state index contributed by atoms with van der Waals surface area (Å²) < 4.78 is 25.4. The predicted molar refractivity (Wildman–Crippen MR) is 113 cm³/mol. The fraction of sp³-hybridized carbons (Fsp3) is 0.500. The summed E-state index contributed by atoms with van der Waals surface area (Å²) in [4.78, 5) is 16.9. The normalized spacial score (nSPS) is 19.0. The zero-order chi connectivity index (χ0) is 21.8. The van der Waals surface area contributed by atoms with E-state index in [2.05, 4.69) is 4.98 Å². The molecular weight excluding hydrogens is 385 g/mol. The van der Waals surface area contributed by atoms with Gasteiger partial charge in [-0.1, -0.05) is 0 Å². The summed E-state index contributed by atoms with van der Waals surface area (Å²) in [5.74, 6) is 0.0491. The van der Waals surface area contributed by atoms with Crippen LogP contribution in [-0.2, 0) is 16.1 Å². The molecule has 0 amide bonds. The van der Waals surface area contributed by atoms with Crippen LogP contribution in [-0.4, -0.2) is 28.3 Å². The third kappa shape index (κ3) is 4.98. The molecule has 1 heterocycles. The molecule has 0 aliphatic heterocycles. The maximum Gasteiger partial charge on any atom is 0.309 e. The fourth-order valence-electron chi connectivity index (χ4n) is 3.97. The number of benzene rings is 1. The highest BCUT2D eigenvalue weighted by molar-refractivity contribution is 5.72. The average Bonchev–Trinajstić information content (AvgIpc) is 2.71. The van der Waals surface area contributed by atoms with Crippen LogP contribution in [0.4, 0.5) is 4.39 Å². The number of aryl methyl sites for hydroxylation is 1. The molecule has 1 saturated carbocycles. The Morgan fingerprint density at radius 3 is 2.67 bits per heavy atom. The number of carbonyl (C=O) groups excluding carboxylic acids is 1. The minimum absolute atomic E-state index is 0.0594. The number of hydrogen-bond acceptors (Lipinski definition) is 5. The van der Waals surface area contributed by atoms with Crippen molar-refractivity contribution in [3.05, 3.63) is 46.9 Å². The highest BCUT2D eigenvalue weighted by Crippen LogP contribution is 2.32. The molecule has 0 bridgehead atoms. The van der Waals surface area contributed by atoms with E-state index in [1.165, 1.54) is 6.07 Å². The first kappa shape index (κ1) is 22.2. The van der Waals surface area contributed by atoms with Gasteiger partial charge in [0.25, 0.3) is 0 Å². The number of aliphatic hydroxyl groups excluding tert-OH is 1. The van der Waals surface area contributed by atoms with E-state index in [1.807, 2.05) is 32.9 Å². The van der Waals surface area contributed by atoms with Gasteiger partial charge in [0, 0.05) is 5.56 Å². The first-order valence-corrected chi connectivity index (χ1v) is 10.5. The summed E-state index contributed by atoms with van der Waals surface area (Å²) in [7, 11) is 0. The monoisotopic (exact) mass is 415 g/mol. The third-order valence-corrected chi connectivity index (χ3v) is 5.61. The summed E-state index contributed by atoms with van der Waals surface area (Å²) in [6.07, 6.45) is 3.10. The number of ether oxygens (including phenoxy) is 2. The van der Waals surface area contributed by atoms with Crippen molar-refractivity contribution in [2.24, 2.45) is 5.92 Å². The molecule has 1 N–H and O–H groups in total. The molecule has 5 nitrogen and oxygen atoms in total. The van der Waals surface area contributed by atoms with Gasteiger partial charge in [0.15, 0.2) is 0 Å². The molecule has 1 aliphatic carbocycles. The summed E-state index contributed by atoms with van der Waals surface area (Å²) >= 11 is 0. The van der Waals surface area contributed by atoms with E-state index in [9.17, 15) is 14.3 Å². The molecule has 1 aromatic carbocycles. The SMILES string of the molecule is Cc1nc(-c2ccc(F)c(C)c2CO)ccc1O[C@H]1CCC[C@H](C(=O)OC(C)C)C1. The first-order valence-electron chi connectivity index (χ1n) is 10.5. The molecular formula is C24H30FNO4. The van der Waals surface area contributed by atoms with Crippen molar-refractivity contribution >= 4 is 5.97 Å². The van der Waals surface area contributed by atoms with Crippen molar-refractivity contribution in [3.63, 3.8) is 0 Å². The maximum absolute atomic E-state index is 13.8. The number of aliphatic hydroxyl groups is 1. The Balaban J connectivity index is 1.75. The fourth-order valence-corrected chi connectivity index (χ4v) is 3.97. The van der Waals surface area contributed by atoms with Gasteiger partial charge < -0.3 is 14.6 Å². The Morgan fingerprint density at radius 1 is 1.23 bits per heavy atom. The van der Waals surface area contributed by atoms with E-state index in [0.717, 1.165) is 19.3 Å².